The molecule has 0 aliphatic heterocycles. The number of aliphatic carboxylic acids is 1. The number of hydrogen-bond acceptors (Lipinski definition) is 3. The van der Waals surface area contributed by atoms with Gasteiger partial charge in [0.05, 0.1) is 18.3 Å². The van der Waals surface area contributed by atoms with Gasteiger partial charge in [0.25, 0.3) is 0 Å². The molecular weight excluding hydrogens is 255 g/mol. The smallest absolute Gasteiger partial charge is 0.389 e. The summed E-state index contributed by atoms with van der Waals surface area (Å²) in [6.45, 7) is -0.390. The van der Waals surface area contributed by atoms with Gasteiger partial charge in [0.2, 0.25) is 5.91 Å². The van der Waals surface area contributed by atoms with E-state index in [1.54, 1.807) is 0 Å². The number of hydrogen-bond donors (Lipinski definition) is 2. The minimum atomic E-state index is -4.38. The normalized spacial score (nSPS) is 11.3. The summed E-state index contributed by atoms with van der Waals surface area (Å²) in [7, 11) is 0. The molecule has 1 rings (SSSR count). The second-order valence-electron chi connectivity index (χ2n) is 3.48. The van der Waals surface area contributed by atoms with Gasteiger partial charge in [0.15, 0.2) is 0 Å². The molecule has 0 saturated carbocycles. The number of carboxylic acid groups (broad SMARTS) is 1. The zero-order valence-electron chi connectivity index (χ0n) is 9.07. The van der Waals surface area contributed by atoms with E-state index in [-0.39, 0.29) is 5.69 Å². The molecule has 0 aliphatic rings. The first-order valence-electron chi connectivity index (χ1n) is 4.87. The number of amides is 1. The van der Waals surface area contributed by atoms with Crippen LogP contribution in [0.15, 0.2) is 12.4 Å². The van der Waals surface area contributed by atoms with Crippen LogP contribution in [-0.2, 0) is 16.1 Å². The van der Waals surface area contributed by atoms with Crippen molar-refractivity contribution in [2.45, 2.75) is 25.6 Å². The van der Waals surface area contributed by atoms with Gasteiger partial charge in [-0.2, -0.15) is 18.3 Å². The molecule has 18 heavy (non-hydrogen) atoms. The number of rotatable bonds is 5. The van der Waals surface area contributed by atoms with Crippen molar-refractivity contribution < 1.29 is 27.9 Å². The molecule has 9 heteroatoms. The number of halogens is 3. The van der Waals surface area contributed by atoms with Crippen LogP contribution < -0.4 is 5.32 Å². The number of alkyl halides is 3. The molecule has 0 atom stereocenters. The van der Waals surface area contributed by atoms with Crippen molar-refractivity contribution in [3.8, 4) is 0 Å². The van der Waals surface area contributed by atoms with Crippen LogP contribution in [0.3, 0.4) is 0 Å². The van der Waals surface area contributed by atoms with Gasteiger partial charge in [-0.1, -0.05) is 0 Å². The Labute approximate surface area is 99.4 Å². The van der Waals surface area contributed by atoms with E-state index in [0.29, 0.717) is 0 Å². The highest BCUT2D eigenvalue weighted by atomic mass is 19.4. The third-order valence-corrected chi connectivity index (χ3v) is 1.85. The van der Waals surface area contributed by atoms with Gasteiger partial charge >= 0.3 is 12.1 Å². The lowest BCUT2D eigenvalue weighted by Crippen LogP contribution is -2.16. The van der Waals surface area contributed by atoms with Crippen molar-refractivity contribution in [3.05, 3.63) is 12.4 Å². The van der Waals surface area contributed by atoms with E-state index in [2.05, 4.69) is 10.4 Å². The Morgan fingerprint density at radius 3 is 2.67 bits per heavy atom. The molecule has 0 unspecified atom stereocenters. The van der Waals surface area contributed by atoms with E-state index in [9.17, 15) is 22.8 Å². The Hall–Kier alpha value is -2.06. The third kappa shape index (κ3) is 5.32. The Balaban J connectivity index is 2.45. The predicted octanol–water partition coefficient (Wildman–Crippen LogP) is 1.25. The van der Waals surface area contributed by atoms with Gasteiger partial charge in [-0.05, 0) is 0 Å². The van der Waals surface area contributed by atoms with Crippen LogP contribution in [0.5, 0.6) is 0 Å². The van der Waals surface area contributed by atoms with E-state index in [1.807, 2.05) is 0 Å². The molecule has 100 valence electrons. The van der Waals surface area contributed by atoms with Gasteiger partial charge in [0, 0.05) is 12.6 Å². The Morgan fingerprint density at radius 2 is 2.11 bits per heavy atom. The van der Waals surface area contributed by atoms with Crippen molar-refractivity contribution in [2.75, 3.05) is 5.32 Å². The molecule has 0 spiro atoms. The molecule has 0 saturated heterocycles. The molecule has 2 N–H and O–H groups in total. The van der Waals surface area contributed by atoms with Crippen LogP contribution in [0, 0.1) is 0 Å². The molecular formula is C9H10F3N3O3. The molecule has 1 amide bonds. The molecule has 0 fully saturated rings. The van der Waals surface area contributed by atoms with Gasteiger partial charge in [-0.15, -0.1) is 0 Å². The number of carboxylic acids is 1. The van der Waals surface area contributed by atoms with Gasteiger partial charge in [-0.3, -0.25) is 14.3 Å². The minimum absolute atomic E-state index is 0.156. The highest BCUT2D eigenvalue weighted by Crippen LogP contribution is 2.21. The molecule has 0 aromatic carbocycles. The minimum Gasteiger partial charge on any atom is -0.480 e. The van der Waals surface area contributed by atoms with Crippen molar-refractivity contribution in [1.29, 1.82) is 0 Å². The number of anilines is 1. The summed E-state index contributed by atoms with van der Waals surface area (Å²) in [4.78, 5) is 21.5. The quantitative estimate of drug-likeness (QED) is 0.839. The lowest BCUT2D eigenvalue weighted by Gasteiger charge is -2.05. The van der Waals surface area contributed by atoms with Gasteiger partial charge in [0.1, 0.15) is 6.54 Å². The van der Waals surface area contributed by atoms with Crippen molar-refractivity contribution in [1.82, 2.24) is 9.78 Å². The fraction of sp³-hybridized carbons (Fsp3) is 0.444. The lowest BCUT2D eigenvalue weighted by atomic mass is 10.3. The zero-order chi connectivity index (χ0) is 13.8. The fourth-order valence-corrected chi connectivity index (χ4v) is 1.13. The second kappa shape index (κ2) is 5.52. The van der Waals surface area contributed by atoms with Gasteiger partial charge < -0.3 is 10.4 Å². The van der Waals surface area contributed by atoms with Crippen LogP contribution in [0.4, 0.5) is 18.9 Å². The zero-order valence-corrected chi connectivity index (χ0v) is 9.07. The van der Waals surface area contributed by atoms with Crippen molar-refractivity contribution in [3.63, 3.8) is 0 Å². The Kier molecular flexibility index (Phi) is 4.29. The summed E-state index contributed by atoms with van der Waals surface area (Å²) in [6, 6.07) is 0. The van der Waals surface area contributed by atoms with Crippen molar-refractivity contribution in [2.24, 2.45) is 0 Å². The SMILES string of the molecule is O=C(O)Cn1cc(NC(=O)CCC(F)(F)F)cn1. The molecule has 1 heterocycles. The number of nitrogens with zero attached hydrogens (tertiary/aromatic N) is 2. The van der Waals surface area contributed by atoms with Crippen LogP contribution in [-0.4, -0.2) is 32.9 Å². The third-order valence-electron chi connectivity index (χ3n) is 1.85. The summed E-state index contributed by atoms with van der Waals surface area (Å²) >= 11 is 0. The van der Waals surface area contributed by atoms with E-state index in [1.165, 1.54) is 6.20 Å². The molecule has 1 aromatic rings. The summed E-state index contributed by atoms with van der Waals surface area (Å²) < 4.78 is 36.6. The highest BCUT2D eigenvalue weighted by molar-refractivity contribution is 5.90. The first kappa shape index (κ1) is 14.0. The first-order valence-corrected chi connectivity index (χ1v) is 4.87. The van der Waals surface area contributed by atoms with Crippen LogP contribution in [0.25, 0.3) is 0 Å². The average Bonchev–Trinajstić information content (AvgIpc) is 2.60. The highest BCUT2D eigenvalue weighted by Gasteiger charge is 2.27. The van der Waals surface area contributed by atoms with E-state index in [4.69, 9.17) is 5.11 Å². The lowest BCUT2D eigenvalue weighted by molar-refractivity contribution is -0.142. The molecule has 0 radical (unpaired) electrons. The monoisotopic (exact) mass is 265 g/mol. The van der Waals surface area contributed by atoms with Crippen LogP contribution in [0.1, 0.15) is 12.8 Å². The maximum atomic E-state index is 11.8. The topological polar surface area (TPSA) is 84.2 Å². The van der Waals surface area contributed by atoms with Gasteiger partial charge in [-0.25, -0.2) is 0 Å². The van der Waals surface area contributed by atoms with Crippen LogP contribution in [0.2, 0.25) is 0 Å². The first-order chi connectivity index (χ1) is 8.26. The standard InChI is InChI=1S/C9H10F3N3O3/c10-9(11,12)2-1-7(16)14-6-3-13-15(4-6)5-8(17)18/h3-4H,1-2,5H2,(H,14,16)(H,17,18). The molecule has 1 aromatic heterocycles. The van der Waals surface area contributed by atoms with E-state index < -0.39 is 37.4 Å². The molecule has 6 nitrogen and oxygen atoms in total. The van der Waals surface area contributed by atoms with E-state index >= 15 is 0 Å². The number of carbonyl (C=O) groups excluding carboxylic acids is 1. The van der Waals surface area contributed by atoms with Crippen LogP contribution >= 0.6 is 0 Å². The maximum Gasteiger partial charge on any atom is 0.389 e. The summed E-state index contributed by atoms with van der Waals surface area (Å²) in [6.07, 6.45) is -3.89. The number of nitrogens with one attached hydrogen (secondary N) is 1. The Morgan fingerprint density at radius 1 is 1.44 bits per heavy atom. The molecule has 0 aliphatic carbocycles. The maximum absolute atomic E-state index is 11.8. The predicted molar refractivity (Wildman–Crippen MR) is 53.8 cm³/mol. The summed E-state index contributed by atoms with van der Waals surface area (Å²) in [5.41, 5.74) is 0.156. The number of carbonyl (C=O) groups is 2. The molecule has 0 bridgehead atoms. The second-order valence-corrected chi connectivity index (χ2v) is 3.48. The average molecular weight is 265 g/mol. The number of aromatic nitrogens is 2. The van der Waals surface area contributed by atoms with E-state index in [0.717, 1.165) is 10.9 Å². The van der Waals surface area contributed by atoms with Crippen molar-refractivity contribution >= 4 is 17.6 Å². The fourth-order valence-electron chi connectivity index (χ4n) is 1.13. The summed E-state index contributed by atoms with van der Waals surface area (Å²) in [5.74, 6) is -1.92. The summed E-state index contributed by atoms with van der Waals surface area (Å²) in [5, 5.41) is 14.3. The Bertz CT molecular complexity index is 442. The largest absolute Gasteiger partial charge is 0.480 e.